The first-order valence-electron chi connectivity index (χ1n) is 10.5. The quantitative estimate of drug-likeness (QED) is 0.322. The SMILES string of the molecule is CCOC(=O)c1ccc(NS(=O)(=O)c2ccc(Cl)cc2OC)c(NS(=O)(=O)c2ccc(Cl)cc2OC)c1. The number of rotatable bonds is 10. The average molecular weight is 589 g/mol. The van der Waals surface area contributed by atoms with E-state index in [0.29, 0.717) is 0 Å². The van der Waals surface area contributed by atoms with Crippen LogP contribution >= 0.6 is 23.2 Å². The van der Waals surface area contributed by atoms with E-state index in [1.165, 1.54) is 62.8 Å². The van der Waals surface area contributed by atoms with Crippen LogP contribution < -0.4 is 18.9 Å². The molecular formula is C23H22Cl2N2O8S2. The zero-order valence-corrected chi connectivity index (χ0v) is 22.9. The Kier molecular flexibility index (Phi) is 8.80. The normalized spacial score (nSPS) is 11.5. The van der Waals surface area contributed by atoms with Crippen molar-refractivity contribution >= 4 is 60.6 Å². The molecule has 3 aromatic rings. The number of benzene rings is 3. The lowest BCUT2D eigenvalue weighted by Gasteiger charge is -2.17. The molecule has 0 heterocycles. The topological polar surface area (TPSA) is 137 Å². The van der Waals surface area contributed by atoms with Crippen molar-refractivity contribution in [3.05, 3.63) is 70.2 Å². The number of sulfonamides is 2. The van der Waals surface area contributed by atoms with Crippen molar-refractivity contribution in [3.8, 4) is 11.5 Å². The molecule has 10 nitrogen and oxygen atoms in total. The van der Waals surface area contributed by atoms with Gasteiger partial charge in [0.25, 0.3) is 20.0 Å². The fourth-order valence-electron chi connectivity index (χ4n) is 3.19. The Hall–Kier alpha value is -3.19. The van der Waals surface area contributed by atoms with Crippen molar-refractivity contribution in [1.82, 2.24) is 0 Å². The Morgan fingerprint density at radius 2 is 1.24 bits per heavy atom. The van der Waals surface area contributed by atoms with Crippen molar-refractivity contribution in [2.45, 2.75) is 16.7 Å². The number of carbonyl (C=O) groups is 1. The smallest absolute Gasteiger partial charge is 0.338 e. The molecule has 0 fully saturated rings. The second-order valence-corrected chi connectivity index (χ2v) is 11.5. The van der Waals surface area contributed by atoms with Crippen LogP contribution in [0.2, 0.25) is 10.0 Å². The summed E-state index contributed by atoms with van der Waals surface area (Å²) < 4.78 is 72.8. The standard InChI is InChI=1S/C23H22Cl2N2O8S2/c1-4-35-23(28)14-5-8-17(26-36(29,30)21-9-6-15(24)12-19(21)33-2)18(11-14)27-37(31,32)22-10-7-16(25)13-20(22)34-3/h5-13,26-27H,4H2,1-3H3. The number of anilines is 2. The van der Waals surface area contributed by atoms with Gasteiger partial charge in [0.05, 0.1) is 37.8 Å². The number of esters is 1. The molecule has 0 atom stereocenters. The average Bonchev–Trinajstić information content (AvgIpc) is 2.84. The third-order valence-electron chi connectivity index (χ3n) is 4.85. The van der Waals surface area contributed by atoms with E-state index in [9.17, 15) is 21.6 Å². The zero-order chi connectivity index (χ0) is 27.4. The lowest BCUT2D eigenvalue weighted by atomic mass is 10.2. The van der Waals surface area contributed by atoms with Gasteiger partial charge in [-0.2, -0.15) is 0 Å². The molecule has 0 unspecified atom stereocenters. The number of ether oxygens (including phenoxy) is 3. The molecule has 3 rings (SSSR count). The monoisotopic (exact) mass is 588 g/mol. The molecule has 2 N–H and O–H groups in total. The van der Waals surface area contributed by atoms with Gasteiger partial charge in [0.15, 0.2) is 0 Å². The third kappa shape index (κ3) is 6.58. The first kappa shape index (κ1) is 28.4. The molecule has 0 spiro atoms. The van der Waals surface area contributed by atoms with Gasteiger partial charge in [0.2, 0.25) is 0 Å². The second-order valence-electron chi connectivity index (χ2n) is 7.28. The van der Waals surface area contributed by atoms with Gasteiger partial charge in [-0.05, 0) is 49.4 Å². The predicted molar refractivity (Wildman–Crippen MR) is 140 cm³/mol. The fourth-order valence-corrected chi connectivity index (χ4v) is 5.96. The number of hydrogen-bond donors (Lipinski definition) is 2. The van der Waals surface area contributed by atoms with Gasteiger partial charge in [-0.1, -0.05) is 23.2 Å². The molecule has 37 heavy (non-hydrogen) atoms. The lowest BCUT2D eigenvalue weighted by Crippen LogP contribution is -2.19. The molecule has 0 saturated heterocycles. The van der Waals surface area contributed by atoms with Crippen LogP contribution in [0.3, 0.4) is 0 Å². The van der Waals surface area contributed by atoms with Gasteiger partial charge in [-0.15, -0.1) is 0 Å². The van der Waals surface area contributed by atoms with Gasteiger partial charge >= 0.3 is 5.97 Å². The van der Waals surface area contributed by atoms with E-state index < -0.39 is 26.0 Å². The van der Waals surface area contributed by atoms with Crippen molar-refractivity contribution < 1.29 is 35.8 Å². The Morgan fingerprint density at radius 1 is 0.757 bits per heavy atom. The highest BCUT2D eigenvalue weighted by atomic mass is 35.5. The zero-order valence-electron chi connectivity index (χ0n) is 19.7. The van der Waals surface area contributed by atoms with E-state index in [4.69, 9.17) is 37.4 Å². The van der Waals surface area contributed by atoms with Gasteiger partial charge < -0.3 is 14.2 Å². The summed E-state index contributed by atoms with van der Waals surface area (Å²) in [6, 6.07) is 11.5. The Bertz CT molecular complexity index is 1540. The van der Waals surface area contributed by atoms with Crippen LogP contribution in [0.5, 0.6) is 11.5 Å². The fraction of sp³-hybridized carbons (Fsp3) is 0.174. The van der Waals surface area contributed by atoms with Crippen LogP contribution in [-0.2, 0) is 24.8 Å². The molecule has 3 aromatic carbocycles. The summed E-state index contributed by atoms with van der Waals surface area (Å²) in [6.45, 7) is 1.68. The summed E-state index contributed by atoms with van der Waals surface area (Å²) in [5, 5.41) is 0.491. The molecule has 0 radical (unpaired) electrons. The van der Waals surface area contributed by atoms with Crippen molar-refractivity contribution in [2.75, 3.05) is 30.3 Å². The van der Waals surface area contributed by atoms with Crippen LogP contribution in [0.15, 0.2) is 64.4 Å². The van der Waals surface area contributed by atoms with Crippen LogP contribution in [0.1, 0.15) is 17.3 Å². The van der Waals surface area contributed by atoms with Crippen molar-refractivity contribution in [2.24, 2.45) is 0 Å². The highest BCUT2D eigenvalue weighted by molar-refractivity contribution is 7.93. The number of hydrogen-bond acceptors (Lipinski definition) is 8. The third-order valence-corrected chi connectivity index (χ3v) is 8.13. The maximum absolute atomic E-state index is 13.3. The van der Waals surface area contributed by atoms with Crippen LogP contribution in [-0.4, -0.2) is 43.6 Å². The summed E-state index contributed by atoms with van der Waals surface area (Å²) in [5.74, 6) is -0.813. The van der Waals surface area contributed by atoms with Gasteiger partial charge in [0, 0.05) is 22.2 Å². The summed E-state index contributed by atoms with van der Waals surface area (Å²) in [5.41, 5.74) is -0.449. The van der Waals surface area contributed by atoms with Gasteiger partial charge in [-0.3, -0.25) is 9.44 Å². The summed E-state index contributed by atoms with van der Waals surface area (Å²) in [4.78, 5) is 11.8. The maximum Gasteiger partial charge on any atom is 0.338 e. The van der Waals surface area contributed by atoms with E-state index >= 15 is 0 Å². The predicted octanol–water partition coefficient (Wildman–Crippen LogP) is 4.79. The molecular weight excluding hydrogens is 567 g/mol. The molecule has 0 amide bonds. The van der Waals surface area contributed by atoms with E-state index in [2.05, 4.69) is 9.44 Å². The first-order chi connectivity index (χ1) is 17.4. The summed E-state index contributed by atoms with van der Waals surface area (Å²) in [6.07, 6.45) is 0. The molecule has 0 aliphatic rings. The molecule has 0 saturated carbocycles. The van der Waals surface area contributed by atoms with E-state index in [0.717, 1.165) is 6.07 Å². The highest BCUT2D eigenvalue weighted by Gasteiger charge is 2.25. The van der Waals surface area contributed by atoms with Crippen LogP contribution in [0.25, 0.3) is 0 Å². The van der Waals surface area contributed by atoms with E-state index in [1.807, 2.05) is 0 Å². The second kappa shape index (κ2) is 11.5. The Balaban J connectivity index is 2.11. The summed E-state index contributed by atoms with van der Waals surface area (Å²) in [7, 11) is -6.11. The molecule has 0 aliphatic carbocycles. The van der Waals surface area contributed by atoms with Crippen molar-refractivity contribution in [3.63, 3.8) is 0 Å². The number of carbonyl (C=O) groups excluding carboxylic acids is 1. The van der Waals surface area contributed by atoms with Crippen molar-refractivity contribution in [1.29, 1.82) is 0 Å². The van der Waals surface area contributed by atoms with E-state index in [1.54, 1.807) is 6.92 Å². The highest BCUT2D eigenvalue weighted by Crippen LogP contribution is 2.34. The number of nitrogens with one attached hydrogen (secondary N) is 2. The minimum Gasteiger partial charge on any atom is -0.495 e. The van der Waals surface area contributed by atoms with Crippen LogP contribution in [0, 0.1) is 0 Å². The van der Waals surface area contributed by atoms with Gasteiger partial charge in [-0.25, -0.2) is 21.6 Å². The lowest BCUT2D eigenvalue weighted by molar-refractivity contribution is 0.0526. The molecule has 14 heteroatoms. The maximum atomic E-state index is 13.3. The Labute approximate surface area is 224 Å². The number of methoxy groups -OCH3 is 2. The largest absolute Gasteiger partial charge is 0.495 e. The molecule has 0 bridgehead atoms. The molecule has 198 valence electrons. The number of halogens is 2. The first-order valence-corrected chi connectivity index (χ1v) is 14.2. The molecule has 0 aliphatic heterocycles. The minimum absolute atomic E-state index is 0.0188. The molecule has 0 aromatic heterocycles. The van der Waals surface area contributed by atoms with Crippen LogP contribution in [0.4, 0.5) is 11.4 Å². The van der Waals surface area contributed by atoms with Gasteiger partial charge in [0.1, 0.15) is 21.3 Å². The van der Waals surface area contributed by atoms with E-state index in [-0.39, 0.29) is 54.9 Å². The Morgan fingerprint density at radius 3 is 1.70 bits per heavy atom. The minimum atomic E-state index is -4.35. The summed E-state index contributed by atoms with van der Waals surface area (Å²) >= 11 is 11.9.